The first-order valence-electron chi connectivity index (χ1n) is 7.00. The molecular weight excluding hydrogens is 212 g/mol. The number of likely N-dealkylation sites (tertiary alicyclic amines) is 2. The maximum atomic E-state index is 2.74. The monoisotopic (exact) mass is 238 g/mol. The quantitative estimate of drug-likeness (QED) is 0.650. The van der Waals surface area contributed by atoms with Crippen molar-refractivity contribution in [3.8, 4) is 0 Å². The number of hydrogen-bond donors (Lipinski definition) is 0. The summed E-state index contributed by atoms with van der Waals surface area (Å²) >= 11 is 0. The summed E-state index contributed by atoms with van der Waals surface area (Å²) in [5.41, 5.74) is 0. The molecule has 0 radical (unpaired) electrons. The molecule has 3 heterocycles. The molecule has 0 N–H and O–H groups in total. The van der Waals surface area contributed by atoms with E-state index in [4.69, 9.17) is 0 Å². The minimum absolute atomic E-state index is 0.744. The maximum absolute atomic E-state index is 2.74. The number of likely N-dealkylation sites (N-methyl/N-ethyl adjacent to an activating group) is 2. The third kappa shape index (κ3) is 2.24. The summed E-state index contributed by atoms with van der Waals surface area (Å²) < 4.78 is 0. The Hall–Kier alpha value is -0.160. The fourth-order valence-electron chi connectivity index (χ4n) is 3.65. The third-order valence-corrected chi connectivity index (χ3v) is 4.79. The zero-order chi connectivity index (χ0) is 12.0. The van der Waals surface area contributed by atoms with Gasteiger partial charge in [0, 0.05) is 63.9 Å². The minimum Gasteiger partial charge on any atom is -0.303 e. The van der Waals surface area contributed by atoms with Crippen molar-refractivity contribution in [2.45, 2.75) is 25.0 Å². The van der Waals surface area contributed by atoms with E-state index in [1.807, 2.05) is 0 Å². The molecule has 4 heteroatoms. The highest BCUT2D eigenvalue weighted by molar-refractivity contribution is 4.95. The summed E-state index contributed by atoms with van der Waals surface area (Å²) in [6, 6.07) is 2.42. The molecule has 1 unspecified atom stereocenters. The smallest absolute Gasteiger partial charge is 0.0354 e. The zero-order valence-electron chi connectivity index (χ0n) is 11.5. The first-order chi connectivity index (χ1) is 8.13. The largest absolute Gasteiger partial charge is 0.303 e. The van der Waals surface area contributed by atoms with Crippen molar-refractivity contribution in [3.63, 3.8) is 0 Å². The van der Waals surface area contributed by atoms with Crippen molar-refractivity contribution in [1.82, 2.24) is 19.6 Å². The van der Waals surface area contributed by atoms with E-state index in [-0.39, 0.29) is 0 Å². The van der Waals surface area contributed by atoms with Gasteiger partial charge in [-0.25, -0.2) is 0 Å². The zero-order valence-corrected chi connectivity index (χ0v) is 11.5. The summed E-state index contributed by atoms with van der Waals surface area (Å²) in [6.45, 7) is 11.3. The van der Waals surface area contributed by atoms with Gasteiger partial charge in [-0.2, -0.15) is 0 Å². The van der Waals surface area contributed by atoms with Crippen LogP contribution in [0.25, 0.3) is 0 Å². The van der Waals surface area contributed by atoms with Gasteiger partial charge in [0.05, 0.1) is 0 Å². The van der Waals surface area contributed by atoms with Gasteiger partial charge in [0.2, 0.25) is 0 Å². The standard InChI is InChI=1S/C13H26N4/c1-11-6-16(12-7-14(2)8-12)4-5-17(11)13-9-15(3)10-13/h11-13H,4-10H2,1-3H3. The number of piperazine rings is 1. The molecule has 3 rings (SSSR count). The van der Waals surface area contributed by atoms with E-state index >= 15 is 0 Å². The van der Waals surface area contributed by atoms with Crippen LogP contribution in [-0.2, 0) is 0 Å². The van der Waals surface area contributed by atoms with Crippen LogP contribution in [0.5, 0.6) is 0 Å². The lowest BCUT2D eigenvalue weighted by Gasteiger charge is -2.53. The Bertz CT molecular complexity index is 271. The van der Waals surface area contributed by atoms with E-state index in [1.54, 1.807) is 0 Å². The van der Waals surface area contributed by atoms with Crippen molar-refractivity contribution in [2.24, 2.45) is 0 Å². The lowest BCUT2D eigenvalue weighted by Crippen LogP contribution is -2.68. The Labute approximate surface area is 105 Å². The topological polar surface area (TPSA) is 13.0 Å². The molecule has 0 aromatic rings. The Kier molecular flexibility index (Phi) is 3.15. The Morgan fingerprint density at radius 2 is 1.35 bits per heavy atom. The van der Waals surface area contributed by atoms with Gasteiger partial charge in [-0.15, -0.1) is 0 Å². The van der Waals surface area contributed by atoms with Crippen LogP contribution in [0.1, 0.15) is 6.92 Å². The van der Waals surface area contributed by atoms with E-state index in [0.29, 0.717) is 0 Å². The fourth-order valence-corrected chi connectivity index (χ4v) is 3.65. The maximum Gasteiger partial charge on any atom is 0.0354 e. The second kappa shape index (κ2) is 4.50. The van der Waals surface area contributed by atoms with E-state index in [2.05, 4.69) is 40.6 Å². The Balaban J connectivity index is 1.50. The van der Waals surface area contributed by atoms with Gasteiger partial charge in [-0.1, -0.05) is 0 Å². The lowest BCUT2D eigenvalue weighted by atomic mass is 10.0. The predicted molar refractivity (Wildman–Crippen MR) is 70.3 cm³/mol. The summed E-state index contributed by atoms with van der Waals surface area (Å²) in [6.07, 6.45) is 0. The SMILES string of the molecule is CC1CN(C2CN(C)C2)CCN1C1CN(C)C1. The average Bonchev–Trinajstić information content (AvgIpc) is 2.21. The molecule has 98 valence electrons. The molecule has 3 aliphatic heterocycles. The molecule has 1 atom stereocenters. The van der Waals surface area contributed by atoms with Crippen molar-refractivity contribution in [1.29, 1.82) is 0 Å². The Morgan fingerprint density at radius 1 is 0.765 bits per heavy atom. The van der Waals surface area contributed by atoms with E-state index in [1.165, 1.54) is 45.8 Å². The van der Waals surface area contributed by atoms with Gasteiger partial charge in [0.1, 0.15) is 0 Å². The van der Waals surface area contributed by atoms with E-state index < -0.39 is 0 Å². The highest BCUT2D eigenvalue weighted by atomic mass is 15.4. The number of hydrogen-bond acceptors (Lipinski definition) is 4. The molecule has 3 fully saturated rings. The fraction of sp³-hybridized carbons (Fsp3) is 1.00. The summed E-state index contributed by atoms with van der Waals surface area (Å²) in [5, 5.41) is 0. The molecular formula is C13H26N4. The Morgan fingerprint density at radius 3 is 1.88 bits per heavy atom. The highest BCUT2D eigenvalue weighted by Gasteiger charge is 2.38. The van der Waals surface area contributed by atoms with Crippen LogP contribution in [0.4, 0.5) is 0 Å². The van der Waals surface area contributed by atoms with Gasteiger partial charge in [0.15, 0.2) is 0 Å². The first kappa shape index (κ1) is 11.9. The van der Waals surface area contributed by atoms with Crippen LogP contribution in [-0.4, -0.2) is 97.6 Å². The lowest BCUT2D eigenvalue weighted by molar-refractivity contribution is -0.0456. The van der Waals surface area contributed by atoms with Gasteiger partial charge in [-0.3, -0.25) is 9.80 Å². The van der Waals surface area contributed by atoms with Gasteiger partial charge in [0.25, 0.3) is 0 Å². The molecule has 0 aromatic carbocycles. The number of rotatable bonds is 2. The second-order valence-corrected chi connectivity index (χ2v) is 6.33. The molecule has 0 aromatic heterocycles. The van der Waals surface area contributed by atoms with Gasteiger partial charge in [-0.05, 0) is 21.0 Å². The average molecular weight is 238 g/mol. The van der Waals surface area contributed by atoms with Crippen LogP contribution < -0.4 is 0 Å². The molecule has 0 saturated carbocycles. The summed E-state index contributed by atoms with van der Waals surface area (Å²) in [7, 11) is 4.45. The molecule has 3 saturated heterocycles. The van der Waals surface area contributed by atoms with Crippen molar-refractivity contribution < 1.29 is 0 Å². The van der Waals surface area contributed by atoms with Crippen molar-refractivity contribution >= 4 is 0 Å². The highest BCUT2D eigenvalue weighted by Crippen LogP contribution is 2.22. The molecule has 0 aliphatic carbocycles. The van der Waals surface area contributed by atoms with Crippen LogP contribution in [0.15, 0.2) is 0 Å². The molecule has 0 amide bonds. The first-order valence-corrected chi connectivity index (χ1v) is 7.00. The van der Waals surface area contributed by atoms with Gasteiger partial charge < -0.3 is 9.80 Å². The van der Waals surface area contributed by atoms with Crippen LogP contribution in [0.2, 0.25) is 0 Å². The normalized spacial score (nSPS) is 35.8. The van der Waals surface area contributed by atoms with Gasteiger partial charge >= 0.3 is 0 Å². The summed E-state index contributed by atoms with van der Waals surface area (Å²) in [4.78, 5) is 10.3. The van der Waals surface area contributed by atoms with Crippen molar-refractivity contribution in [3.05, 3.63) is 0 Å². The number of nitrogens with zero attached hydrogens (tertiary/aromatic N) is 4. The van der Waals surface area contributed by atoms with Crippen molar-refractivity contribution in [2.75, 3.05) is 59.9 Å². The molecule has 3 aliphatic rings. The van der Waals surface area contributed by atoms with E-state index in [0.717, 1.165) is 18.1 Å². The molecule has 17 heavy (non-hydrogen) atoms. The van der Waals surface area contributed by atoms with Crippen LogP contribution >= 0.6 is 0 Å². The third-order valence-electron chi connectivity index (χ3n) is 4.79. The molecule has 4 nitrogen and oxygen atoms in total. The van der Waals surface area contributed by atoms with Crippen LogP contribution in [0, 0.1) is 0 Å². The minimum atomic E-state index is 0.744. The second-order valence-electron chi connectivity index (χ2n) is 6.33. The van der Waals surface area contributed by atoms with Crippen LogP contribution in [0.3, 0.4) is 0 Å². The molecule has 0 bridgehead atoms. The van der Waals surface area contributed by atoms with E-state index in [9.17, 15) is 0 Å². The predicted octanol–water partition coefficient (Wildman–Crippen LogP) is -0.379. The summed E-state index contributed by atoms with van der Waals surface area (Å²) in [5.74, 6) is 0. The molecule has 0 spiro atoms.